The molecule has 1 saturated heterocycles. The van der Waals surface area contributed by atoms with Crippen molar-refractivity contribution >= 4 is 11.6 Å². The minimum absolute atomic E-state index is 0.364. The van der Waals surface area contributed by atoms with Crippen molar-refractivity contribution in [2.24, 2.45) is 5.92 Å². The molecule has 0 aliphatic carbocycles. The fourth-order valence-corrected chi connectivity index (χ4v) is 2.55. The number of hydrogen-bond acceptors (Lipinski definition) is 3. The van der Waals surface area contributed by atoms with E-state index in [0.29, 0.717) is 17.3 Å². The van der Waals surface area contributed by atoms with E-state index in [0.717, 1.165) is 38.2 Å². The first-order valence-electron chi connectivity index (χ1n) is 5.95. The summed E-state index contributed by atoms with van der Waals surface area (Å²) < 4.78 is 7.70. The lowest BCUT2D eigenvalue weighted by Gasteiger charge is -2.18. The van der Waals surface area contributed by atoms with Crippen LogP contribution in [0.3, 0.4) is 0 Å². The summed E-state index contributed by atoms with van der Waals surface area (Å²) in [6, 6.07) is 0. The van der Waals surface area contributed by atoms with Gasteiger partial charge in [0.2, 0.25) is 5.28 Å². The number of halogens is 1. The van der Waals surface area contributed by atoms with Crippen molar-refractivity contribution in [1.82, 2.24) is 14.8 Å². The Kier molecular flexibility index (Phi) is 3.82. The Morgan fingerprint density at radius 2 is 2.25 bits per heavy atom. The first-order valence-corrected chi connectivity index (χ1v) is 6.33. The van der Waals surface area contributed by atoms with Gasteiger partial charge in [-0.05, 0) is 24.4 Å². The Labute approximate surface area is 101 Å². The molecule has 0 amide bonds. The van der Waals surface area contributed by atoms with Crippen LogP contribution >= 0.6 is 11.6 Å². The van der Waals surface area contributed by atoms with Crippen LogP contribution in [0.1, 0.15) is 32.5 Å². The fourth-order valence-electron chi connectivity index (χ4n) is 2.34. The van der Waals surface area contributed by atoms with E-state index in [1.165, 1.54) is 0 Å². The van der Waals surface area contributed by atoms with E-state index >= 15 is 0 Å². The minimum atomic E-state index is 0.364. The number of ether oxygens (including phenoxy) is 1. The Hall–Kier alpha value is -0.610. The highest BCUT2D eigenvalue weighted by Gasteiger charge is 2.28. The number of rotatable bonds is 4. The maximum Gasteiger partial charge on any atom is 0.225 e. The second kappa shape index (κ2) is 5.15. The number of aromatic nitrogens is 3. The van der Waals surface area contributed by atoms with Gasteiger partial charge in [-0.15, -0.1) is 10.2 Å². The summed E-state index contributed by atoms with van der Waals surface area (Å²) in [5.41, 5.74) is 0. The van der Waals surface area contributed by atoms with E-state index in [-0.39, 0.29) is 0 Å². The third-order valence-corrected chi connectivity index (χ3v) is 3.54. The molecule has 0 spiro atoms. The highest BCUT2D eigenvalue weighted by molar-refractivity contribution is 6.28. The van der Waals surface area contributed by atoms with Gasteiger partial charge < -0.3 is 9.30 Å². The van der Waals surface area contributed by atoms with Crippen molar-refractivity contribution in [3.63, 3.8) is 0 Å². The Morgan fingerprint density at radius 1 is 1.44 bits per heavy atom. The maximum absolute atomic E-state index is 6.04. The molecular formula is C11H18ClN3O. The molecule has 1 aromatic heterocycles. The van der Waals surface area contributed by atoms with E-state index in [2.05, 4.69) is 24.0 Å². The summed E-state index contributed by atoms with van der Waals surface area (Å²) in [7, 11) is 0. The van der Waals surface area contributed by atoms with Crippen LogP contribution in [0.5, 0.6) is 0 Å². The van der Waals surface area contributed by atoms with Gasteiger partial charge in [-0.1, -0.05) is 13.8 Å². The molecule has 2 unspecified atom stereocenters. The van der Waals surface area contributed by atoms with Gasteiger partial charge in [0, 0.05) is 25.5 Å². The first kappa shape index (κ1) is 11.9. The lowest BCUT2D eigenvalue weighted by Crippen LogP contribution is -2.21. The smallest absolute Gasteiger partial charge is 0.225 e. The fraction of sp³-hybridized carbons (Fsp3) is 0.818. The van der Waals surface area contributed by atoms with Crippen LogP contribution in [-0.2, 0) is 17.7 Å². The van der Waals surface area contributed by atoms with Crippen LogP contribution in [0.25, 0.3) is 0 Å². The van der Waals surface area contributed by atoms with Crippen LogP contribution in [0.2, 0.25) is 5.28 Å². The van der Waals surface area contributed by atoms with Crippen molar-refractivity contribution in [2.45, 2.75) is 45.8 Å². The van der Waals surface area contributed by atoms with Gasteiger partial charge in [0.05, 0.1) is 6.10 Å². The SMILES string of the molecule is CCc1nnc(Cl)n1CC1CCOC1CC. The molecule has 0 aromatic carbocycles. The Bertz CT molecular complexity index is 353. The van der Waals surface area contributed by atoms with E-state index in [1.807, 2.05) is 4.57 Å². The highest BCUT2D eigenvalue weighted by atomic mass is 35.5. The van der Waals surface area contributed by atoms with Gasteiger partial charge >= 0.3 is 0 Å². The zero-order valence-corrected chi connectivity index (χ0v) is 10.6. The van der Waals surface area contributed by atoms with Crippen molar-refractivity contribution in [3.05, 3.63) is 11.1 Å². The molecule has 1 fully saturated rings. The van der Waals surface area contributed by atoms with Crippen molar-refractivity contribution < 1.29 is 4.74 Å². The van der Waals surface area contributed by atoms with Gasteiger partial charge in [-0.25, -0.2) is 0 Å². The number of nitrogens with zero attached hydrogens (tertiary/aromatic N) is 3. The summed E-state index contributed by atoms with van der Waals surface area (Å²) >= 11 is 6.04. The largest absolute Gasteiger partial charge is 0.378 e. The summed E-state index contributed by atoms with van der Waals surface area (Å²) in [5.74, 6) is 1.51. The average Bonchev–Trinajstić information content (AvgIpc) is 2.87. The van der Waals surface area contributed by atoms with Crippen LogP contribution in [0.4, 0.5) is 0 Å². The first-order chi connectivity index (χ1) is 7.76. The predicted molar refractivity (Wildman–Crippen MR) is 62.5 cm³/mol. The Balaban J connectivity index is 2.10. The molecule has 2 rings (SSSR count). The lowest BCUT2D eigenvalue weighted by molar-refractivity contribution is 0.0833. The summed E-state index contributed by atoms with van der Waals surface area (Å²) in [6.07, 6.45) is 3.40. The van der Waals surface area contributed by atoms with Gasteiger partial charge in [-0.3, -0.25) is 0 Å². The molecule has 1 aliphatic rings. The van der Waals surface area contributed by atoms with E-state index in [4.69, 9.17) is 16.3 Å². The normalized spacial score (nSPS) is 25.2. The van der Waals surface area contributed by atoms with Crippen LogP contribution in [-0.4, -0.2) is 27.5 Å². The van der Waals surface area contributed by atoms with Gasteiger partial charge in [0.25, 0.3) is 0 Å². The topological polar surface area (TPSA) is 39.9 Å². The zero-order valence-electron chi connectivity index (χ0n) is 9.82. The average molecular weight is 244 g/mol. The molecule has 0 saturated carbocycles. The minimum Gasteiger partial charge on any atom is -0.378 e. The van der Waals surface area contributed by atoms with Crippen molar-refractivity contribution in [1.29, 1.82) is 0 Å². The van der Waals surface area contributed by atoms with Gasteiger partial charge in [-0.2, -0.15) is 0 Å². The quantitative estimate of drug-likeness (QED) is 0.815. The summed E-state index contributed by atoms with van der Waals surface area (Å²) in [6.45, 7) is 5.98. The molecule has 1 aromatic rings. The molecule has 0 radical (unpaired) electrons. The van der Waals surface area contributed by atoms with E-state index < -0.39 is 0 Å². The molecule has 16 heavy (non-hydrogen) atoms. The molecule has 0 bridgehead atoms. The number of aryl methyl sites for hydroxylation is 1. The van der Waals surface area contributed by atoms with Crippen molar-refractivity contribution in [2.75, 3.05) is 6.61 Å². The molecule has 2 atom stereocenters. The molecule has 90 valence electrons. The molecule has 5 heteroatoms. The lowest BCUT2D eigenvalue weighted by atomic mass is 9.99. The van der Waals surface area contributed by atoms with Crippen LogP contribution < -0.4 is 0 Å². The molecular weight excluding hydrogens is 226 g/mol. The molecule has 1 aliphatic heterocycles. The van der Waals surface area contributed by atoms with E-state index in [9.17, 15) is 0 Å². The van der Waals surface area contributed by atoms with Gasteiger partial charge in [0.1, 0.15) is 5.82 Å². The maximum atomic E-state index is 6.04. The number of hydrogen-bond donors (Lipinski definition) is 0. The second-order valence-corrected chi connectivity index (χ2v) is 4.55. The van der Waals surface area contributed by atoms with Crippen LogP contribution in [0, 0.1) is 5.92 Å². The van der Waals surface area contributed by atoms with Gasteiger partial charge in [0.15, 0.2) is 0 Å². The summed E-state index contributed by atoms with van der Waals surface area (Å²) in [5, 5.41) is 8.48. The Morgan fingerprint density at radius 3 is 2.94 bits per heavy atom. The molecule has 4 nitrogen and oxygen atoms in total. The third-order valence-electron chi connectivity index (χ3n) is 3.26. The standard InChI is InChI=1S/C11H18ClN3O/c1-3-9-8(5-6-16-9)7-15-10(4-2)13-14-11(15)12/h8-9H,3-7H2,1-2H3. The van der Waals surface area contributed by atoms with E-state index in [1.54, 1.807) is 0 Å². The predicted octanol–water partition coefficient (Wildman–Crippen LogP) is 2.31. The molecule has 0 N–H and O–H groups in total. The second-order valence-electron chi connectivity index (χ2n) is 4.22. The van der Waals surface area contributed by atoms with Crippen molar-refractivity contribution in [3.8, 4) is 0 Å². The summed E-state index contributed by atoms with van der Waals surface area (Å²) in [4.78, 5) is 0. The molecule has 2 heterocycles. The highest BCUT2D eigenvalue weighted by Crippen LogP contribution is 2.26. The third kappa shape index (κ3) is 2.23. The van der Waals surface area contributed by atoms with Crippen LogP contribution in [0.15, 0.2) is 0 Å². The monoisotopic (exact) mass is 243 g/mol. The zero-order chi connectivity index (χ0) is 11.5.